The van der Waals surface area contributed by atoms with Crippen LogP contribution in [0.5, 0.6) is 0 Å². The van der Waals surface area contributed by atoms with Crippen molar-refractivity contribution in [2.45, 2.75) is 57.7 Å². The first-order valence-corrected chi connectivity index (χ1v) is 7.74. The Morgan fingerprint density at radius 2 is 1.76 bits per heavy atom. The van der Waals surface area contributed by atoms with Gasteiger partial charge in [-0.05, 0) is 40.0 Å². The summed E-state index contributed by atoms with van der Waals surface area (Å²) >= 11 is 0. The van der Waals surface area contributed by atoms with Crippen LogP contribution < -0.4 is 0 Å². The Hall–Kier alpha value is -1.14. The maximum absolute atomic E-state index is 12.1. The zero-order valence-electron chi connectivity index (χ0n) is 13.0. The van der Waals surface area contributed by atoms with Crippen LogP contribution in [0.3, 0.4) is 0 Å². The highest BCUT2D eigenvalue weighted by atomic mass is 16.6. The van der Waals surface area contributed by atoms with E-state index in [9.17, 15) is 14.7 Å². The molecule has 2 fully saturated rings. The Kier molecular flexibility index (Phi) is 4.88. The SMILES string of the molecule is CCOC(=O)C(C(=O)OCC)C1(O)CC(C)N(C2CC2)C1. The van der Waals surface area contributed by atoms with Crippen molar-refractivity contribution in [2.24, 2.45) is 5.92 Å². The van der Waals surface area contributed by atoms with Crippen molar-refractivity contribution in [1.82, 2.24) is 4.90 Å². The average molecular weight is 299 g/mol. The summed E-state index contributed by atoms with van der Waals surface area (Å²) in [6, 6.07) is 0.618. The van der Waals surface area contributed by atoms with Gasteiger partial charge in [0.15, 0.2) is 5.92 Å². The van der Waals surface area contributed by atoms with Crippen LogP contribution in [0.2, 0.25) is 0 Å². The number of carbonyl (C=O) groups is 2. The molecule has 1 saturated heterocycles. The summed E-state index contributed by atoms with van der Waals surface area (Å²) in [5.41, 5.74) is -1.40. The number of hydrogen-bond acceptors (Lipinski definition) is 6. The molecule has 0 bridgehead atoms. The lowest BCUT2D eigenvalue weighted by Gasteiger charge is -2.29. The number of ether oxygens (including phenoxy) is 2. The van der Waals surface area contributed by atoms with Gasteiger partial charge >= 0.3 is 11.9 Å². The number of β-amino-alcohol motifs (C(OH)–C–C–N with tert-alkyl or cyclic N) is 1. The molecule has 0 aromatic carbocycles. The summed E-state index contributed by atoms with van der Waals surface area (Å²) in [7, 11) is 0. The zero-order chi connectivity index (χ0) is 15.6. The van der Waals surface area contributed by atoms with Gasteiger partial charge in [-0.25, -0.2) is 0 Å². The van der Waals surface area contributed by atoms with Gasteiger partial charge in [0.05, 0.1) is 13.2 Å². The van der Waals surface area contributed by atoms with Gasteiger partial charge in [0.25, 0.3) is 0 Å². The molecule has 6 heteroatoms. The normalized spacial score (nSPS) is 29.7. The second-order valence-corrected chi connectivity index (χ2v) is 6.00. The van der Waals surface area contributed by atoms with E-state index < -0.39 is 23.5 Å². The number of carbonyl (C=O) groups excluding carboxylic acids is 2. The van der Waals surface area contributed by atoms with E-state index in [1.54, 1.807) is 13.8 Å². The maximum Gasteiger partial charge on any atom is 0.323 e. The van der Waals surface area contributed by atoms with E-state index in [4.69, 9.17) is 9.47 Å². The third-order valence-electron chi connectivity index (χ3n) is 4.27. The van der Waals surface area contributed by atoms with Crippen LogP contribution in [-0.2, 0) is 19.1 Å². The number of hydrogen-bond donors (Lipinski definition) is 1. The number of esters is 2. The van der Waals surface area contributed by atoms with Gasteiger partial charge in [0.1, 0.15) is 5.60 Å². The average Bonchev–Trinajstić information content (AvgIpc) is 3.16. The highest BCUT2D eigenvalue weighted by Crippen LogP contribution is 2.40. The second kappa shape index (κ2) is 6.32. The highest BCUT2D eigenvalue weighted by Gasteiger charge is 2.56. The van der Waals surface area contributed by atoms with Crippen LogP contribution in [0.15, 0.2) is 0 Å². The molecule has 21 heavy (non-hydrogen) atoms. The lowest BCUT2D eigenvalue weighted by molar-refractivity contribution is -0.173. The van der Waals surface area contributed by atoms with Crippen molar-refractivity contribution in [3.05, 3.63) is 0 Å². The summed E-state index contributed by atoms with van der Waals surface area (Å²) in [5.74, 6) is -2.64. The summed E-state index contributed by atoms with van der Waals surface area (Å²) in [6.07, 6.45) is 2.61. The Morgan fingerprint density at radius 3 is 2.19 bits per heavy atom. The van der Waals surface area contributed by atoms with Crippen molar-refractivity contribution < 1.29 is 24.2 Å². The van der Waals surface area contributed by atoms with Gasteiger partial charge in [0, 0.05) is 18.6 Å². The number of likely N-dealkylation sites (tertiary alicyclic amines) is 1. The van der Waals surface area contributed by atoms with Gasteiger partial charge in [-0.1, -0.05) is 0 Å². The fraction of sp³-hybridized carbons (Fsp3) is 0.867. The maximum atomic E-state index is 12.1. The number of nitrogens with zero attached hydrogens (tertiary/aromatic N) is 1. The smallest absolute Gasteiger partial charge is 0.323 e. The summed E-state index contributed by atoms with van der Waals surface area (Å²) in [5, 5.41) is 10.9. The van der Waals surface area contributed by atoms with Crippen molar-refractivity contribution in [2.75, 3.05) is 19.8 Å². The third-order valence-corrected chi connectivity index (χ3v) is 4.27. The Bertz CT molecular complexity index is 391. The first-order chi connectivity index (χ1) is 9.92. The molecule has 0 radical (unpaired) electrons. The molecule has 1 N–H and O–H groups in total. The van der Waals surface area contributed by atoms with E-state index in [2.05, 4.69) is 4.90 Å². The molecule has 1 aliphatic heterocycles. The zero-order valence-corrected chi connectivity index (χ0v) is 13.0. The van der Waals surface area contributed by atoms with E-state index in [1.165, 1.54) is 0 Å². The Balaban J connectivity index is 2.18. The van der Waals surface area contributed by atoms with Crippen LogP contribution >= 0.6 is 0 Å². The molecule has 2 rings (SSSR count). The van der Waals surface area contributed by atoms with Gasteiger partial charge in [-0.15, -0.1) is 0 Å². The van der Waals surface area contributed by atoms with Crippen molar-refractivity contribution in [3.63, 3.8) is 0 Å². The largest absolute Gasteiger partial charge is 0.465 e. The van der Waals surface area contributed by atoms with Gasteiger partial charge in [0.2, 0.25) is 0 Å². The molecular formula is C15H25NO5. The molecule has 120 valence electrons. The molecule has 0 spiro atoms. The highest BCUT2D eigenvalue weighted by molar-refractivity contribution is 5.96. The monoisotopic (exact) mass is 299 g/mol. The molecule has 2 aliphatic rings. The predicted molar refractivity (Wildman–Crippen MR) is 75.5 cm³/mol. The fourth-order valence-electron chi connectivity index (χ4n) is 3.26. The first kappa shape index (κ1) is 16.2. The summed E-state index contributed by atoms with van der Waals surface area (Å²) < 4.78 is 9.95. The Morgan fingerprint density at radius 1 is 1.24 bits per heavy atom. The Labute approximate surface area is 125 Å². The quantitative estimate of drug-likeness (QED) is 0.575. The number of rotatable bonds is 6. The molecule has 2 unspecified atom stereocenters. The second-order valence-electron chi connectivity index (χ2n) is 6.00. The third kappa shape index (κ3) is 3.37. The molecule has 1 heterocycles. The first-order valence-electron chi connectivity index (χ1n) is 7.74. The molecular weight excluding hydrogens is 274 g/mol. The van der Waals surface area contributed by atoms with E-state index in [1.807, 2.05) is 6.92 Å². The summed E-state index contributed by atoms with van der Waals surface area (Å²) in [4.78, 5) is 26.5. The van der Waals surface area contributed by atoms with Gasteiger partial charge in [-0.2, -0.15) is 0 Å². The van der Waals surface area contributed by atoms with E-state index >= 15 is 0 Å². The van der Waals surface area contributed by atoms with Gasteiger partial charge < -0.3 is 14.6 Å². The topological polar surface area (TPSA) is 76.1 Å². The van der Waals surface area contributed by atoms with Gasteiger partial charge in [-0.3, -0.25) is 14.5 Å². The summed E-state index contributed by atoms with van der Waals surface area (Å²) in [6.45, 7) is 6.04. The predicted octanol–water partition coefficient (Wildman–Crippen LogP) is 0.716. The van der Waals surface area contributed by atoms with E-state index in [-0.39, 0.29) is 19.3 Å². The molecule has 0 amide bonds. The molecule has 1 saturated carbocycles. The minimum absolute atomic E-state index is 0.147. The molecule has 6 nitrogen and oxygen atoms in total. The van der Waals surface area contributed by atoms with Crippen molar-refractivity contribution >= 4 is 11.9 Å². The standard InChI is InChI=1S/C15H25NO5/c1-4-20-13(17)12(14(18)21-5-2)15(19)8-10(3)16(9-15)11-6-7-11/h10-12,19H,4-9H2,1-3H3. The molecule has 0 aromatic rings. The minimum Gasteiger partial charge on any atom is -0.465 e. The molecule has 2 atom stereocenters. The van der Waals surface area contributed by atoms with Crippen molar-refractivity contribution in [1.29, 1.82) is 0 Å². The molecule has 1 aliphatic carbocycles. The van der Waals surface area contributed by atoms with Crippen LogP contribution in [0.25, 0.3) is 0 Å². The lowest BCUT2D eigenvalue weighted by atomic mass is 9.85. The number of aliphatic hydroxyl groups is 1. The van der Waals surface area contributed by atoms with Crippen LogP contribution in [0, 0.1) is 5.92 Å². The lowest BCUT2D eigenvalue weighted by Crippen LogP contribution is -2.50. The van der Waals surface area contributed by atoms with E-state index in [0.29, 0.717) is 19.0 Å². The molecule has 0 aromatic heterocycles. The minimum atomic E-state index is -1.40. The van der Waals surface area contributed by atoms with E-state index in [0.717, 1.165) is 12.8 Å². The van der Waals surface area contributed by atoms with Crippen LogP contribution in [-0.4, -0.2) is 59.4 Å². The van der Waals surface area contributed by atoms with Crippen LogP contribution in [0.1, 0.15) is 40.0 Å². The van der Waals surface area contributed by atoms with Crippen LogP contribution in [0.4, 0.5) is 0 Å². The fourth-order valence-corrected chi connectivity index (χ4v) is 3.26. The van der Waals surface area contributed by atoms with Crippen molar-refractivity contribution in [3.8, 4) is 0 Å².